The number of imide groups is 1. The number of hydrogen-bond donors (Lipinski definition) is 3. The van der Waals surface area contributed by atoms with Crippen LogP contribution >= 0.6 is 0 Å². The predicted octanol–water partition coefficient (Wildman–Crippen LogP) is 1.14. The molecule has 2 amide bonds. The Morgan fingerprint density at radius 2 is 1.77 bits per heavy atom. The molecule has 4 unspecified atom stereocenters. The molecular weight excluding hydrogens is 608 g/mol. The first-order valence-electron chi connectivity index (χ1n) is 17.1. The quantitative estimate of drug-likeness (QED) is 0.273. The molecule has 1 aromatic rings. The molecule has 2 saturated heterocycles. The number of para-hydroxylation sites is 1. The van der Waals surface area contributed by atoms with E-state index in [1.807, 2.05) is 6.92 Å². The van der Waals surface area contributed by atoms with Crippen molar-refractivity contribution in [1.82, 2.24) is 4.90 Å². The summed E-state index contributed by atoms with van der Waals surface area (Å²) in [6.45, 7) is 3.12. The molecule has 256 valence electrons. The van der Waals surface area contributed by atoms with E-state index in [1.165, 1.54) is 0 Å². The van der Waals surface area contributed by atoms with Gasteiger partial charge < -0.3 is 34.3 Å². The molecule has 3 N–H and O–H groups in total. The molecule has 7 bridgehead atoms. The monoisotopic (exact) mass is 654 g/mol. The molecule has 12 heteroatoms. The number of likely N-dealkylation sites (tertiary alicyclic amines) is 1. The summed E-state index contributed by atoms with van der Waals surface area (Å²) in [6, 6.07) is 5.99. The maximum atomic E-state index is 13.9. The lowest BCUT2D eigenvalue weighted by Gasteiger charge is -2.70. The summed E-state index contributed by atoms with van der Waals surface area (Å²) in [5.41, 5.74) is -4.51. The molecular formula is C35H46N2O10. The number of amides is 2. The van der Waals surface area contributed by atoms with Crippen LogP contribution in [0.3, 0.4) is 0 Å². The Kier molecular flexibility index (Phi) is 7.12. The Bertz CT molecular complexity index is 1490. The Hall–Kier alpha value is -2.45. The van der Waals surface area contributed by atoms with E-state index in [9.17, 15) is 29.7 Å². The standard InChI is InChI=1S/C35H46N2O10/c1-5-36-16-32(17-47-30(41)18-8-6-7-9-21(18)37-24(38)10-11-25(37)39)13-12-23(45-3)34-20-14-19-22(44-2)15-33(42,26(20)27(19)40)35(43,31(34)36)29(46-4)28(32)34/h6-9,19-20,22-23,26-29,31,40,42-43H,5,10-17H2,1-4H3/t19-,20?,22+,23+,26?,27+,28?,29+,31?,32+,33-,34+,35+/m1/s1. The van der Waals surface area contributed by atoms with Gasteiger partial charge in [0.05, 0.1) is 48.3 Å². The largest absolute Gasteiger partial charge is 0.461 e. The van der Waals surface area contributed by atoms with E-state index >= 15 is 0 Å². The molecule has 1 spiro atoms. The normalized spacial score (nSPS) is 47.9. The van der Waals surface area contributed by atoms with Crippen LogP contribution < -0.4 is 4.90 Å². The number of benzene rings is 1. The van der Waals surface area contributed by atoms with Gasteiger partial charge in [0.2, 0.25) is 11.8 Å². The van der Waals surface area contributed by atoms with E-state index in [1.54, 1.807) is 45.6 Å². The van der Waals surface area contributed by atoms with E-state index < -0.39 is 58.3 Å². The SMILES string of the molecule is CCN1C[C@]2(COC(=O)c3ccccc3N3C(=O)CCC3=O)CC[C@H](OC)[C@]34C5C[C@@H]6[C@@H](OC)C[C@@](O)(C5[C@H]6O)[C@@](O)(C13)[C@@H](OC)C24. The Morgan fingerprint density at radius 1 is 1.04 bits per heavy atom. The highest BCUT2D eigenvalue weighted by atomic mass is 16.5. The van der Waals surface area contributed by atoms with Crippen molar-refractivity contribution in [2.75, 3.05) is 45.9 Å². The van der Waals surface area contributed by atoms with Gasteiger partial charge in [-0.2, -0.15) is 0 Å². The number of hydrogen-bond acceptors (Lipinski definition) is 11. The average molecular weight is 655 g/mol. The minimum atomic E-state index is -1.77. The molecule has 13 atom stereocenters. The zero-order chi connectivity index (χ0) is 33.3. The number of esters is 1. The third-order valence-electron chi connectivity index (χ3n) is 14.0. The van der Waals surface area contributed by atoms with Crippen LogP contribution in [0.5, 0.6) is 0 Å². The fourth-order valence-corrected chi connectivity index (χ4v) is 12.7. The molecule has 7 aliphatic rings. The lowest BCUT2D eigenvalue weighted by molar-refractivity contribution is -0.318. The summed E-state index contributed by atoms with van der Waals surface area (Å²) in [4.78, 5) is 42.5. The lowest BCUT2D eigenvalue weighted by atomic mass is 9.42. The van der Waals surface area contributed by atoms with Gasteiger partial charge in [-0.15, -0.1) is 0 Å². The van der Waals surface area contributed by atoms with Crippen LogP contribution in [0.15, 0.2) is 24.3 Å². The first-order chi connectivity index (χ1) is 22.5. The zero-order valence-electron chi connectivity index (χ0n) is 27.5. The topological polar surface area (TPSA) is 155 Å². The van der Waals surface area contributed by atoms with Crippen molar-refractivity contribution in [3.63, 3.8) is 0 Å². The van der Waals surface area contributed by atoms with Crippen LogP contribution in [0.2, 0.25) is 0 Å². The zero-order valence-corrected chi connectivity index (χ0v) is 27.5. The van der Waals surface area contributed by atoms with Crippen LogP contribution in [0.25, 0.3) is 0 Å². The van der Waals surface area contributed by atoms with Gasteiger partial charge in [-0.25, -0.2) is 9.69 Å². The number of carbonyl (C=O) groups is 3. The van der Waals surface area contributed by atoms with Crippen molar-refractivity contribution in [1.29, 1.82) is 0 Å². The van der Waals surface area contributed by atoms with E-state index in [4.69, 9.17) is 18.9 Å². The molecule has 5 saturated carbocycles. The molecule has 5 aliphatic carbocycles. The molecule has 12 nitrogen and oxygen atoms in total. The maximum absolute atomic E-state index is 13.9. The predicted molar refractivity (Wildman–Crippen MR) is 165 cm³/mol. The van der Waals surface area contributed by atoms with Gasteiger partial charge >= 0.3 is 5.97 Å². The lowest BCUT2D eigenvalue weighted by Crippen LogP contribution is -2.82. The summed E-state index contributed by atoms with van der Waals surface area (Å²) in [6.07, 6.45) is -0.158. The highest BCUT2D eigenvalue weighted by molar-refractivity contribution is 6.21. The fraction of sp³-hybridized carbons (Fsp3) is 0.743. The molecule has 1 aromatic carbocycles. The van der Waals surface area contributed by atoms with Crippen LogP contribution in [-0.2, 0) is 28.5 Å². The maximum Gasteiger partial charge on any atom is 0.340 e. The van der Waals surface area contributed by atoms with Gasteiger partial charge in [0.1, 0.15) is 11.2 Å². The van der Waals surface area contributed by atoms with E-state index in [-0.39, 0.29) is 72.8 Å². The van der Waals surface area contributed by atoms with E-state index in [0.717, 1.165) is 4.90 Å². The van der Waals surface area contributed by atoms with Gasteiger partial charge in [-0.3, -0.25) is 14.5 Å². The second-order valence-electron chi connectivity index (χ2n) is 15.2. The van der Waals surface area contributed by atoms with Gasteiger partial charge in [0.15, 0.2) is 0 Å². The Balaban J connectivity index is 1.24. The van der Waals surface area contributed by atoms with Crippen LogP contribution in [0.1, 0.15) is 55.8 Å². The first-order valence-corrected chi connectivity index (χ1v) is 17.1. The molecule has 2 heterocycles. The van der Waals surface area contributed by atoms with Crippen molar-refractivity contribution in [3.8, 4) is 0 Å². The van der Waals surface area contributed by atoms with Gasteiger partial charge in [-0.05, 0) is 43.9 Å². The highest BCUT2D eigenvalue weighted by Crippen LogP contribution is 2.80. The van der Waals surface area contributed by atoms with Gasteiger partial charge in [-0.1, -0.05) is 19.1 Å². The number of aliphatic hydroxyl groups excluding tert-OH is 1. The summed E-state index contributed by atoms with van der Waals surface area (Å²) in [5, 5.41) is 38.0. The minimum absolute atomic E-state index is 0.00651. The van der Waals surface area contributed by atoms with Gasteiger partial charge in [0, 0.05) is 75.7 Å². The summed E-state index contributed by atoms with van der Waals surface area (Å²) in [7, 11) is 4.87. The summed E-state index contributed by atoms with van der Waals surface area (Å²) >= 11 is 0. The second kappa shape index (κ2) is 10.5. The molecule has 7 fully saturated rings. The van der Waals surface area contributed by atoms with Crippen LogP contribution in [0, 0.1) is 34.5 Å². The smallest absolute Gasteiger partial charge is 0.340 e. The number of anilines is 1. The molecule has 0 radical (unpaired) electrons. The van der Waals surface area contributed by atoms with E-state index in [0.29, 0.717) is 32.4 Å². The summed E-state index contributed by atoms with van der Waals surface area (Å²) < 4.78 is 24.8. The molecule has 0 aromatic heterocycles. The van der Waals surface area contributed by atoms with Crippen molar-refractivity contribution < 1.29 is 48.7 Å². The number of ether oxygens (including phenoxy) is 4. The van der Waals surface area contributed by atoms with E-state index in [2.05, 4.69) is 4.90 Å². The number of piperidine rings is 1. The van der Waals surface area contributed by atoms with Crippen molar-refractivity contribution in [2.45, 2.75) is 87.1 Å². The highest BCUT2D eigenvalue weighted by Gasteiger charge is 2.91. The number of nitrogens with zero attached hydrogens (tertiary/aromatic N) is 2. The van der Waals surface area contributed by atoms with Crippen LogP contribution in [0.4, 0.5) is 5.69 Å². The van der Waals surface area contributed by atoms with Crippen molar-refractivity contribution in [2.24, 2.45) is 34.5 Å². The number of methoxy groups -OCH3 is 3. The van der Waals surface area contributed by atoms with Crippen molar-refractivity contribution >= 4 is 23.5 Å². The number of rotatable bonds is 8. The number of carbonyl (C=O) groups excluding carboxylic acids is 3. The molecule has 47 heavy (non-hydrogen) atoms. The fourth-order valence-electron chi connectivity index (χ4n) is 12.7. The number of fused-ring (bicyclic) bond motifs is 2. The Labute approximate surface area is 274 Å². The minimum Gasteiger partial charge on any atom is -0.461 e. The van der Waals surface area contributed by atoms with Gasteiger partial charge in [0.25, 0.3) is 0 Å². The molecule has 8 rings (SSSR count). The number of aliphatic hydroxyl groups is 3. The Morgan fingerprint density at radius 3 is 2.43 bits per heavy atom. The number of likely N-dealkylation sites (N-methyl/N-ethyl adjacent to an activating group) is 1. The third kappa shape index (κ3) is 3.60. The second-order valence-corrected chi connectivity index (χ2v) is 15.2. The van der Waals surface area contributed by atoms with Crippen LogP contribution in [-0.4, -0.2) is 121 Å². The molecule has 2 aliphatic heterocycles. The summed E-state index contributed by atoms with van der Waals surface area (Å²) in [5.74, 6) is -2.70. The first kappa shape index (κ1) is 31.8. The van der Waals surface area contributed by atoms with Crippen molar-refractivity contribution in [3.05, 3.63) is 29.8 Å². The average Bonchev–Trinajstić information content (AvgIpc) is 3.60. The third-order valence-corrected chi connectivity index (χ3v) is 14.0.